The topological polar surface area (TPSA) is 61.0 Å². The summed E-state index contributed by atoms with van der Waals surface area (Å²) in [6.45, 7) is 1.93. The predicted octanol–water partition coefficient (Wildman–Crippen LogP) is 2.49. The van der Waals surface area contributed by atoms with Gasteiger partial charge in [-0.05, 0) is 25.5 Å². The number of ether oxygens (including phenoxy) is 1. The first-order chi connectivity index (χ1) is 8.69. The SMILES string of the molecule is COC1=CC(/C=C/c2cnc(N)nc2C)CC=C1. The van der Waals surface area contributed by atoms with Crippen LogP contribution in [0.4, 0.5) is 5.95 Å². The maximum absolute atomic E-state index is 5.52. The summed E-state index contributed by atoms with van der Waals surface area (Å²) in [4.78, 5) is 8.13. The van der Waals surface area contributed by atoms with E-state index in [0.717, 1.165) is 23.4 Å². The maximum Gasteiger partial charge on any atom is 0.220 e. The van der Waals surface area contributed by atoms with Crippen LogP contribution in [0.3, 0.4) is 0 Å². The van der Waals surface area contributed by atoms with Crippen molar-refractivity contribution in [3.63, 3.8) is 0 Å². The van der Waals surface area contributed by atoms with E-state index in [2.05, 4.69) is 28.2 Å². The van der Waals surface area contributed by atoms with Gasteiger partial charge >= 0.3 is 0 Å². The van der Waals surface area contributed by atoms with Crippen molar-refractivity contribution < 1.29 is 4.74 Å². The molecule has 0 saturated carbocycles. The first-order valence-corrected chi connectivity index (χ1v) is 5.88. The third kappa shape index (κ3) is 2.97. The minimum atomic E-state index is 0.312. The Balaban J connectivity index is 2.11. The number of nitrogens with two attached hydrogens (primary N) is 1. The molecule has 1 aliphatic rings. The Kier molecular flexibility index (Phi) is 3.77. The van der Waals surface area contributed by atoms with Crippen LogP contribution in [0.2, 0.25) is 0 Å². The molecule has 0 spiro atoms. The lowest BCUT2D eigenvalue weighted by molar-refractivity contribution is 0.301. The first-order valence-electron chi connectivity index (χ1n) is 5.88. The van der Waals surface area contributed by atoms with Crippen LogP contribution in [0.5, 0.6) is 0 Å². The molecule has 1 unspecified atom stereocenters. The molecule has 1 heterocycles. The number of aryl methyl sites for hydroxylation is 1. The molecular formula is C14H17N3O. The molecule has 18 heavy (non-hydrogen) atoms. The lowest BCUT2D eigenvalue weighted by atomic mass is 9.98. The average Bonchev–Trinajstić information content (AvgIpc) is 2.38. The number of hydrogen-bond acceptors (Lipinski definition) is 4. The summed E-state index contributed by atoms with van der Waals surface area (Å²) in [5, 5.41) is 0. The lowest BCUT2D eigenvalue weighted by Gasteiger charge is -2.12. The molecule has 1 aliphatic carbocycles. The van der Waals surface area contributed by atoms with Crippen molar-refractivity contribution in [2.24, 2.45) is 5.92 Å². The van der Waals surface area contributed by atoms with Crippen LogP contribution < -0.4 is 5.73 Å². The second-order valence-corrected chi connectivity index (χ2v) is 4.20. The third-order valence-corrected chi connectivity index (χ3v) is 2.86. The Morgan fingerprint density at radius 3 is 3.06 bits per heavy atom. The van der Waals surface area contributed by atoms with Crippen LogP contribution in [0, 0.1) is 12.8 Å². The molecule has 0 aromatic carbocycles. The number of allylic oxidation sites excluding steroid dienone is 4. The molecule has 94 valence electrons. The summed E-state index contributed by atoms with van der Waals surface area (Å²) in [5.74, 6) is 1.56. The predicted molar refractivity (Wildman–Crippen MR) is 72.6 cm³/mol. The van der Waals surface area contributed by atoms with Crippen LogP contribution in [0.1, 0.15) is 17.7 Å². The van der Waals surface area contributed by atoms with Crippen LogP contribution in [0.15, 0.2) is 36.3 Å². The highest BCUT2D eigenvalue weighted by atomic mass is 16.5. The maximum atomic E-state index is 5.52. The number of nitrogens with zero attached hydrogens (tertiary/aromatic N) is 2. The first kappa shape index (κ1) is 12.4. The van der Waals surface area contributed by atoms with Gasteiger partial charge in [0, 0.05) is 17.7 Å². The van der Waals surface area contributed by atoms with Crippen molar-refractivity contribution >= 4 is 12.0 Å². The molecule has 1 aromatic heterocycles. The Hall–Kier alpha value is -2.10. The fraction of sp³-hybridized carbons (Fsp3) is 0.286. The van der Waals surface area contributed by atoms with Gasteiger partial charge in [0.25, 0.3) is 0 Å². The highest BCUT2D eigenvalue weighted by Gasteiger charge is 2.06. The standard InChI is InChI=1S/C14H17N3O/c1-10-12(9-16-14(15)17-10)7-6-11-4-3-5-13(8-11)18-2/h3,5-9,11H,4H2,1-2H3,(H2,15,16,17)/b7-6+. The zero-order chi connectivity index (χ0) is 13.0. The average molecular weight is 243 g/mol. The molecule has 2 rings (SSSR count). The Morgan fingerprint density at radius 1 is 1.50 bits per heavy atom. The van der Waals surface area contributed by atoms with Gasteiger partial charge in [0.05, 0.1) is 12.8 Å². The monoisotopic (exact) mass is 243 g/mol. The van der Waals surface area contributed by atoms with E-state index >= 15 is 0 Å². The molecule has 2 N–H and O–H groups in total. The van der Waals surface area contributed by atoms with E-state index in [1.165, 1.54) is 0 Å². The molecule has 0 saturated heterocycles. The zero-order valence-corrected chi connectivity index (χ0v) is 10.6. The van der Waals surface area contributed by atoms with E-state index in [1.807, 2.05) is 19.1 Å². The minimum absolute atomic E-state index is 0.312. The number of aromatic nitrogens is 2. The van der Waals surface area contributed by atoms with E-state index in [9.17, 15) is 0 Å². The van der Waals surface area contributed by atoms with Crippen LogP contribution in [-0.4, -0.2) is 17.1 Å². The molecule has 4 heteroatoms. The van der Waals surface area contributed by atoms with Gasteiger partial charge in [-0.25, -0.2) is 9.97 Å². The van der Waals surface area contributed by atoms with Crippen molar-refractivity contribution in [1.82, 2.24) is 9.97 Å². The van der Waals surface area contributed by atoms with Gasteiger partial charge in [-0.3, -0.25) is 0 Å². The van der Waals surface area contributed by atoms with E-state index in [0.29, 0.717) is 11.9 Å². The highest BCUT2D eigenvalue weighted by Crippen LogP contribution is 2.19. The largest absolute Gasteiger partial charge is 0.497 e. The number of nitrogen functional groups attached to an aromatic ring is 1. The molecule has 0 aliphatic heterocycles. The van der Waals surface area contributed by atoms with E-state index in [1.54, 1.807) is 13.3 Å². The summed E-state index contributed by atoms with van der Waals surface area (Å²) < 4.78 is 5.21. The number of hydrogen-bond donors (Lipinski definition) is 1. The summed E-state index contributed by atoms with van der Waals surface area (Å²) in [6, 6.07) is 0. The second-order valence-electron chi connectivity index (χ2n) is 4.20. The second kappa shape index (κ2) is 5.49. The highest BCUT2D eigenvalue weighted by molar-refractivity contribution is 5.52. The fourth-order valence-corrected chi connectivity index (χ4v) is 1.83. The van der Waals surface area contributed by atoms with Gasteiger partial charge in [0.2, 0.25) is 5.95 Å². The summed E-state index contributed by atoms with van der Waals surface area (Å²) >= 11 is 0. The van der Waals surface area contributed by atoms with Crippen molar-refractivity contribution in [1.29, 1.82) is 0 Å². The quantitative estimate of drug-likeness (QED) is 0.886. The van der Waals surface area contributed by atoms with Gasteiger partial charge in [0.15, 0.2) is 0 Å². The van der Waals surface area contributed by atoms with Crippen LogP contribution >= 0.6 is 0 Å². The molecule has 0 radical (unpaired) electrons. The molecular weight excluding hydrogens is 226 g/mol. The van der Waals surface area contributed by atoms with Gasteiger partial charge in [-0.15, -0.1) is 0 Å². The number of anilines is 1. The Bertz CT molecular complexity index is 518. The lowest BCUT2D eigenvalue weighted by Crippen LogP contribution is -2.00. The molecule has 0 fully saturated rings. The molecule has 0 bridgehead atoms. The smallest absolute Gasteiger partial charge is 0.220 e. The van der Waals surface area contributed by atoms with Gasteiger partial charge in [-0.2, -0.15) is 0 Å². The minimum Gasteiger partial charge on any atom is -0.497 e. The fourth-order valence-electron chi connectivity index (χ4n) is 1.83. The van der Waals surface area contributed by atoms with E-state index in [4.69, 9.17) is 10.5 Å². The van der Waals surface area contributed by atoms with E-state index < -0.39 is 0 Å². The van der Waals surface area contributed by atoms with Crippen molar-refractivity contribution in [2.45, 2.75) is 13.3 Å². The van der Waals surface area contributed by atoms with Crippen molar-refractivity contribution in [3.05, 3.63) is 47.5 Å². The summed E-state index contributed by atoms with van der Waals surface area (Å²) in [6.07, 6.45) is 13.1. The molecule has 4 nitrogen and oxygen atoms in total. The molecule has 1 atom stereocenters. The Labute approximate surface area is 107 Å². The normalized spacial score (nSPS) is 19.0. The van der Waals surface area contributed by atoms with Gasteiger partial charge in [-0.1, -0.05) is 18.2 Å². The number of rotatable bonds is 3. The van der Waals surface area contributed by atoms with Crippen molar-refractivity contribution in [2.75, 3.05) is 12.8 Å². The van der Waals surface area contributed by atoms with Crippen LogP contribution in [-0.2, 0) is 4.74 Å². The van der Waals surface area contributed by atoms with Gasteiger partial charge in [0.1, 0.15) is 5.76 Å². The zero-order valence-electron chi connectivity index (χ0n) is 10.6. The van der Waals surface area contributed by atoms with Crippen molar-refractivity contribution in [3.8, 4) is 0 Å². The number of methoxy groups -OCH3 is 1. The molecule has 1 aromatic rings. The Morgan fingerprint density at radius 2 is 2.33 bits per heavy atom. The third-order valence-electron chi connectivity index (χ3n) is 2.86. The van der Waals surface area contributed by atoms with E-state index in [-0.39, 0.29) is 0 Å². The molecule has 0 amide bonds. The summed E-state index contributed by atoms with van der Waals surface area (Å²) in [7, 11) is 1.68. The summed E-state index contributed by atoms with van der Waals surface area (Å²) in [5.41, 5.74) is 7.40. The van der Waals surface area contributed by atoms with Crippen LogP contribution in [0.25, 0.3) is 6.08 Å². The van der Waals surface area contributed by atoms with Gasteiger partial charge < -0.3 is 10.5 Å².